The Bertz CT molecular complexity index is 257. The standard InChI is InChI=1S/C13H23NO2/c1-13(12(15)16-2,14-11-8-9-11)10-6-4-3-5-7-10/h10-11,14H,3-9H2,1-2H3. The Labute approximate surface area is 97.9 Å². The summed E-state index contributed by atoms with van der Waals surface area (Å²) in [4.78, 5) is 12.0. The summed E-state index contributed by atoms with van der Waals surface area (Å²) in [7, 11) is 1.50. The first-order valence-corrected chi connectivity index (χ1v) is 6.53. The second-order valence-electron chi connectivity index (χ2n) is 5.45. The van der Waals surface area contributed by atoms with Gasteiger partial charge in [0, 0.05) is 6.04 Å². The molecule has 16 heavy (non-hydrogen) atoms. The van der Waals surface area contributed by atoms with Crippen LogP contribution < -0.4 is 5.32 Å². The topological polar surface area (TPSA) is 38.3 Å². The summed E-state index contributed by atoms with van der Waals surface area (Å²) < 4.78 is 5.00. The predicted octanol–water partition coefficient (Wildman–Crippen LogP) is 2.25. The van der Waals surface area contributed by atoms with Gasteiger partial charge in [0.25, 0.3) is 0 Å². The highest BCUT2D eigenvalue weighted by Gasteiger charge is 2.45. The third-order valence-electron chi connectivity index (χ3n) is 4.11. The molecule has 2 aliphatic carbocycles. The number of carbonyl (C=O) groups is 1. The Morgan fingerprint density at radius 2 is 1.81 bits per heavy atom. The van der Waals surface area contributed by atoms with Gasteiger partial charge in [-0.3, -0.25) is 10.1 Å². The number of nitrogens with one attached hydrogen (secondary N) is 1. The SMILES string of the molecule is COC(=O)C(C)(NC1CC1)C1CCCCC1. The van der Waals surface area contributed by atoms with Gasteiger partial charge < -0.3 is 4.74 Å². The average Bonchev–Trinajstić information content (AvgIpc) is 3.12. The minimum Gasteiger partial charge on any atom is -0.468 e. The Morgan fingerprint density at radius 1 is 1.19 bits per heavy atom. The summed E-state index contributed by atoms with van der Waals surface area (Å²) in [5, 5.41) is 3.51. The molecular formula is C13H23NO2. The van der Waals surface area contributed by atoms with Crippen molar-refractivity contribution in [2.24, 2.45) is 5.92 Å². The summed E-state index contributed by atoms with van der Waals surface area (Å²) >= 11 is 0. The third-order valence-corrected chi connectivity index (χ3v) is 4.11. The van der Waals surface area contributed by atoms with Crippen LogP contribution in [0, 0.1) is 5.92 Å². The Morgan fingerprint density at radius 3 is 2.31 bits per heavy atom. The van der Waals surface area contributed by atoms with Gasteiger partial charge in [-0.05, 0) is 38.5 Å². The highest BCUT2D eigenvalue weighted by Crippen LogP contribution is 2.36. The van der Waals surface area contributed by atoms with Crippen molar-refractivity contribution in [2.45, 2.75) is 63.5 Å². The van der Waals surface area contributed by atoms with Gasteiger partial charge in [-0.15, -0.1) is 0 Å². The normalized spacial score (nSPS) is 26.1. The fourth-order valence-corrected chi connectivity index (χ4v) is 2.89. The molecule has 1 atom stereocenters. The van der Waals surface area contributed by atoms with E-state index in [-0.39, 0.29) is 5.97 Å². The van der Waals surface area contributed by atoms with Gasteiger partial charge in [-0.25, -0.2) is 0 Å². The largest absolute Gasteiger partial charge is 0.468 e. The summed E-state index contributed by atoms with van der Waals surface area (Å²) in [5.41, 5.74) is -0.448. The molecule has 0 radical (unpaired) electrons. The van der Waals surface area contributed by atoms with Gasteiger partial charge in [0.1, 0.15) is 5.54 Å². The molecule has 3 heteroatoms. The zero-order valence-corrected chi connectivity index (χ0v) is 10.4. The molecule has 0 aliphatic heterocycles. The first-order chi connectivity index (χ1) is 7.66. The molecule has 1 unspecified atom stereocenters. The van der Waals surface area contributed by atoms with Crippen LogP contribution in [0.2, 0.25) is 0 Å². The maximum atomic E-state index is 12.0. The molecule has 0 bridgehead atoms. The summed E-state index contributed by atoms with van der Waals surface area (Å²) in [6.07, 6.45) is 8.56. The summed E-state index contributed by atoms with van der Waals surface area (Å²) in [6, 6.07) is 0.547. The van der Waals surface area contributed by atoms with E-state index in [1.807, 2.05) is 6.92 Å². The molecule has 0 aromatic carbocycles. The molecule has 0 amide bonds. The van der Waals surface area contributed by atoms with Crippen LogP contribution in [0.3, 0.4) is 0 Å². The van der Waals surface area contributed by atoms with Gasteiger partial charge in [0.2, 0.25) is 0 Å². The maximum absolute atomic E-state index is 12.0. The van der Waals surface area contributed by atoms with Gasteiger partial charge in [-0.2, -0.15) is 0 Å². The lowest BCUT2D eigenvalue weighted by Gasteiger charge is -2.38. The van der Waals surface area contributed by atoms with Crippen molar-refractivity contribution in [1.82, 2.24) is 5.32 Å². The molecule has 2 saturated carbocycles. The second kappa shape index (κ2) is 4.74. The van der Waals surface area contributed by atoms with Crippen LogP contribution in [-0.2, 0) is 9.53 Å². The lowest BCUT2D eigenvalue weighted by Crippen LogP contribution is -2.57. The highest BCUT2D eigenvalue weighted by molar-refractivity contribution is 5.80. The van der Waals surface area contributed by atoms with Crippen LogP contribution in [0.25, 0.3) is 0 Å². The van der Waals surface area contributed by atoms with Gasteiger partial charge in [-0.1, -0.05) is 19.3 Å². The number of hydrogen-bond donors (Lipinski definition) is 1. The number of ether oxygens (including phenoxy) is 1. The van der Waals surface area contributed by atoms with Crippen molar-refractivity contribution in [3.63, 3.8) is 0 Å². The third kappa shape index (κ3) is 2.40. The molecule has 0 aromatic rings. The van der Waals surface area contributed by atoms with E-state index < -0.39 is 5.54 Å². The quantitative estimate of drug-likeness (QED) is 0.746. The molecule has 0 spiro atoms. The Hall–Kier alpha value is -0.570. The molecule has 0 aromatic heterocycles. The Balaban J connectivity index is 2.07. The van der Waals surface area contributed by atoms with E-state index in [9.17, 15) is 4.79 Å². The molecule has 2 fully saturated rings. The number of hydrogen-bond acceptors (Lipinski definition) is 3. The van der Waals surface area contributed by atoms with E-state index in [1.165, 1.54) is 39.2 Å². The first kappa shape index (κ1) is 11.9. The van der Waals surface area contributed by atoms with Crippen molar-refractivity contribution in [2.75, 3.05) is 7.11 Å². The molecule has 92 valence electrons. The van der Waals surface area contributed by atoms with Crippen LogP contribution >= 0.6 is 0 Å². The average molecular weight is 225 g/mol. The van der Waals surface area contributed by atoms with Gasteiger partial charge in [0.05, 0.1) is 7.11 Å². The Kier molecular flexibility index (Phi) is 3.53. The van der Waals surface area contributed by atoms with E-state index in [1.54, 1.807) is 0 Å². The minimum absolute atomic E-state index is 0.0775. The van der Waals surface area contributed by atoms with E-state index in [0.717, 1.165) is 12.8 Å². The number of carbonyl (C=O) groups excluding carboxylic acids is 1. The zero-order chi connectivity index (χ0) is 11.6. The number of esters is 1. The van der Waals surface area contributed by atoms with Crippen LogP contribution in [0.4, 0.5) is 0 Å². The first-order valence-electron chi connectivity index (χ1n) is 6.53. The number of rotatable bonds is 4. The fourth-order valence-electron chi connectivity index (χ4n) is 2.89. The molecule has 3 nitrogen and oxygen atoms in total. The van der Waals surface area contributed by atoms with Crippen molar-refractivity contribution in [3.8, 4) is 0 Å². The minimum atomic E-state index is -0.448. The maximum Gasteiger partial charge on any atom is 0.326 e. The van der Waals surface area contributed by atoms with E-state index in [4.69, 9.17) is 4.74 Å². The van der Waals surface area contributed by atoms with E-state index in [0.29, 0.717) is 12.0 Å². The van der Waals surface area contributed by atoms with E-state index >= 15 is 0 Å². The van der Waals surface area contributed by atoms with E-state index in [2.05, 4.69) is 5.32 Å². The lowest BCUT2D eigenvalue weighted by molar-refractivity contribution is -0.151. The lowest BCUT2D eigenvalue weighted by atomic mass is 9.75. The van der Waals surface area contributed by atoms with Gasteiger partial charge in [0.15, 0.2) is 0 Å². The molecule has 2 rings (SSSR count). The molecule has 2 aliphatic rings. The fraction of sp³-hybridized carbons (Fsp3) is 0.923. The van der Waals surface area contributed by atoms with Crippen molar-refractivity contribution in [3.05, 3.63) is 0 Å². The van der Waals surface area contributed by atoms with Crippen LogP contribution in [-0.4, -0.2) is 24.7 Å². The van der Waals surface area contributed by atoms with Crippen LogP contribution in [0.1, 0.15) is 51.9 Å². The van der Waals surface area contributed by atoms with Crippen molar-refractivity contribution < 1.29 is 9.53 Å². The highest BCUT2D eigenvalue weighted by atomic mass is 16.5. The monoisotopic (exact) mass is 225 g/mol. The smallest absolute Gasteiger partial charge is 0.326 e. The van der Waals surface area contributed by atoms with Crippen molar-refractivity contribution in [1.29, 1.82) is 0 Å². The zero-order valence-electron chi connectivity index (χ0n) is 10.4. The second-order valence-corrected chi connectivity index (χ2v) is 5.45. The molecular weight excluding hydrogens is 202 g/mol. The van der Waals surface area contributed by atoms with Crippen molar-refractivity contribution >= 4 is 5.97 Å². The summed E-state index contributed by atoms with van der Waals surface area (Å²) in [6.45, 7) is 2.03. The summed E-state index contributed by atoms with van der Waals surface area (Å²) in [5.74, 6) is 0.376. The van der Waals surface area contributed by atoms with Gasteiger partial charge >= 0.3 is 5.97 Å². The molecule has 1 N–H and O–H groups in total. The number of methoxy groups -OCH3 is 1. The van der Waals surface area contributed by atoms with Crippen LogP contribution in [0.15, 0.2) is 0 Å². The van der Waals surface area contributed by atoms with Crippen LogP contribution in [0.5, 0.6) is 0 Å². The molecule has 0 saturated heterocycles. The predicted molar refractivity (Wildman–Crippen MR) is 63.2 cm³/mol. The molecule has 0 heterocycles.